The van der Waals surface area contributed by atoms with E-state index in [0.29, 0.717) is 44.8 Å². The van der Waals surface area contributed by atoms with Gasteiger partial charge in [0.15, 0.2) is 5.79 Å². The average Bonchev–Trinajstić information content (AvgIpc) is 2.92. The zero-order valence-electron chi connectivity index (χ0n) is 12.3. The van der Waals surface area contributed by atoms with Gasteiger partial charge in [-0.15, -0.1) is 0 Å². The summed E-state index contributed by atoms with van der Waals surface area (Å²) in [5.41, 5.74) is 0. The summed E-state index contributed by atoms with van der Waals surface area (Å²) in [6, 6.07) is 7.48. The predicted molar refractivity (Wildman–Crippen MR) is 76.5 cm³/mol. The Labute approximate surface area is 124 Å². The number of benzene rings is 1. The molecule has 116 valence electrons. The molecule has 1 spiro atoms. The standard InChI is InChI=1S/C16H22O5/c1-2-18-12-4-3-5-13(10-12)21-15-11-16(7-6-14(15)17)19-8-9-20-16/h3-5,10,14-15,17H,2,6-9,11H2,1H3. The summed E-state index contributed by atoms with van der Waals surface area (Å²) in [5, 5.41) is 10.2. The second-order valence-electron chi connectivity index (χ2n) is 5.48. The second-order valence-corrected chi connectivity index (χ2v) is 5.48. The lowest BCUT2D eigenvalue weighted by molar-refractivity contribution is -0.209. The fraction of sp³-hybridized carbons (Fsp3) is 0.625. The lowest BCUT2D eigenvalue weighted by atomic mass is 9.89. The zero-order chi connectivity index (χ0) is 14.7. The quantitative estimate of drug-likeness (QED) is 0.922. The first-order valence-corrected chi connectivity index (χ1v) is 7.56. The van der Waals surface area contributed by atoms with E-state index in [9.17, 15) is 5.11 Å². The summed E-state index contributed by atoms with van der Waals surface area (Å²) in [5.74, 6) is 0.893. The number of aliphatic hydroxyl groups excluding tert-OH is 1. The number of aliphatic hydroxyl groups is 1. The Hall–Kier alpha value is -1.30. The average molecular weight is 294 g/mol. The minimum absolute atomic E-state index is 0.325. The van der Waals surface area contributed by atoms with E-state index in [-0.39, 0.29) is 6.10 Å². The van der Waals surface area contributed by atoms with E-state index < -0.39 is 11.9 Å². The second kappa shape index (κ2) is 6.22. The van der Waals surface area contributed by atoms with E-state index in [1.165, 1.54) is 0 Å². The van der Waals surface area contributed by atoms with Crippen molar-refractivity contribution in [1.82, 2.24) is 0 Å². The van der Waals surface area contributed by atoms with Crippen molar-refractivity contribution < 1.29 is 24.1 Å². The van der Waals surface area contributed by atoms with Crippen LogP contribution in [0.5, 0.6) is 11.5 Å². The van der Waals surface area contributed by atoms with Crippen LogP contribution in [-0.4, -0.2) is 42.9 Å². The third-order valence-corrected chi connectivity index (χ3v) is 3.98. The van der Waals surface area contributed by atoms with Crippen molar-refractivity contribution in [2.75, 3.05) is 19.8 Å². The van der Waals surface area contributed by atoms with Crippen molar-refractivity contribution in [3.05, 3.63) is 24.3 Å². The zero-order valence-corrected chi connectivity index (χ0v) is 12.3. The molecule has 2 unspecified atom stereocenters. The van der Waals surface area contributed by atoms with E-state index in [1.807, 2.05) is 31.2 Å². The first-order valence-electron chi connectivity index (χ1n) is 7.56. The number of ether oxygens (including phenoxy) is 4. The Balaban J connectivity index is 1.68. The first kappa shape index (κ1) is 14.6. The molecule has 2 aliphatic rings. The summed E-state index contributed by atoms with van der Waals surface area (Å²) in [6.45, 7) is 3.78. The van der Waals surface area contributed by atoms with Gasteiger partial charge in [0.1, 0.15) is 17.6 Å². The predicted octanol–water partition coefficient (Wildman–Crippen LogP) is 2.12. The molecule has 1 heterocycles. The molecule has 2 fully saturated rings. The Kier molecular flexibility index (Phi) is 4.33. The molecule has 1 N–H and O–H groups in total. The van der Waals surface area contributed by atoms with Crippen LogP contribution < -0.4 is 9.47 Å². The normalized spacial score (nSPS) is 27.7. The Morgan fingerprint density at radius 3 is 2.81 bits per heavy atom. The Morgan fingerprint density at radius 1 is 1.29 bits per heavy atom. The molecule has 1 aliphatic carbocycles. The van der Waals surface area contributed by atoms with E-state index in [2.05, 4.69) is 0 Å². The summed E-state index contributed by atoms with van der Waals surface area (Å²) in [4.78, 5) is 0. The summed E-state index contributed by atoms with van der Waals surface area (Å²) in [6.07, 6.45) is 1.06. The maximum absolute atomic E-state index is 10.2. The lowest BCUT2D eigenvalue weighted by Crippen LogP contribution is -2.47. The maximum Gasteiger partial charge on any atom is 0.172 e. The van der Waals surface area contributed by atoms with Crippen LogP contribution in [0.25, 0.3) is 0 Å². The first-order chi connectivity index (χ1) is 10.2. The highest BCUT2D eigenvalue weighted by Gasteiger charge is 2.45. The highest BCUT2D eigenvalue weighted by molar-refractivity contribution is 5.33. The molecule has 0 radical (unpaired) electrons. The van der Waals surface area contributed by atoms with Gasteiger partial charge in [0.05, 0.1) is 25.9 Å². The third-order valence-electron chi connectivity index (χ3n) is 3.98. The molecular weight excluding hydrogens is 272 g/mol. The number of rotatable bonds is 4. The van der Waals surface area contributed by atoms with Crippen molar-refractivity contribution in [3.63, 3.8) is 0 Å². The van der Waals surface area contributed by atoms with Gasteiger partial charge < -0.3 is 24.1 Å². The highest BCUT2D eigenvalue weighted by Crippen LogP contribution is 2.37. The Morgan fingerprint density at radius 2 is 2.05 bits per heavy atom. The summed E-state index contributed by atoms with van der Waals surface area (Å²) in [7, 11) is 0. The fourth-order valence-corrected chi connectivity index (χ4v) is 2.96. The van der Waals surface area contributed by atoms with Gasteiger partial charge in [-0.25, -0.2) is 0 Å². The van der Waals surface area contributed by atoms with Gasteiger partial charge >= 0.3 is 0 Å². The van der Waals surface area contributed by atoms with Gasteiger partial charge in [-0.3, -0.25) is 0 Å². The molecule has 1 aromatic rings. The monoisotopic (exact) mass is 294 g/mol. The van der Waals surface area contributed by atoms with Crippen LogP contribution in [0.4, 0.5) is 0 Å². The highest BCUT2D eigenvalue weighted by atomic mass is 16.7. The molecule has 1 saturated carbocycles. The van der Waals surface area contributed by atoms with E-state index in [1.54, 1.807) is 0 Å². The number of hydrogen-bond donors (Lipinski definition) is 1. The molecule has 1 saturated heterocycles. The van der Waals surface area contributed by atoms with Crippen molar-refractivity contribution >= 4 is 0 Å². The molecule has 1 aromatic carbocycles. The molecule has 0 aromatic heterocycles. The van der Waals surface area contributed by atoms with Gasteiger partial charge in [0.25, 0.3) is 0 Å². The SMILES string of the molecule is CCOc1cccc(OC2CC3(CCC2O)OCCO3)c1. The van der Waals surface area contributed by atoms with Crippen LogP contribution in [0.3, 0.4) is 0 Å². The van der Waals surface area contributed by atoms with Gasteiger partial charge in [-0.1, -0.05) is 6.07 Å². The maximum atomic E-state index is 10.2. The largest absolute Gasteiger partial charge is 0.494 e. The lowest BCUT2D eigenvalue weighted by Gasteiger charge is -2.38. The summed E-state index contributed by atoms with van der Waals surface area (Å²) < 4.78 is 22.9. The minimum atomic E-state index is -0.568. The molecule has 3 rings (SSSR count). The summed E-state index contributed by atoms with van der Waals surface area (Å²) >= 11 is 0. The smallest absolute Gasteiger partial charge is 0.172 e. The van der Waals surface area contributed by atoms with Crippen molar-refractivity contribution in [2.24, 2.45) is 0 Å². The molecule has 1 aliphatic heterocycles. The van der Waals surface area contributed by atoms with Crippen LogP contribution in [0, 0.1) is 0 Å². The molecule has 21 heavy (non-hydrogen) atoms. The van der Waals surface area contributed by atoms with Crippen molar-refractivity contribution in [2.45, 2.75) is 44.2 Å². The van der Waals surface area contributed by atoms with Gasteiger partial charge in [0.2, 0.25) is 0 Å². The third kappa shape index (κ3) is 3.31. The Bertz CT molecular complexity index is 469. The topological polar surface area (TPSA) is 57.2 Å². The van der Waals surface area contributed by atoms with E-state index in [4.69, 9.17) is 18.9 Å². The molecule has 0 amide bonds. The molecule has 2 atom stereocenters. The molecule has 5 heteroatoms. The van der Waals surface area contributed by atoms with Gasteiger partial charge in [-0.2, -0.15) is 0 Å². The van der Waals surface area contributed by atoms with E-state index >= 15 is 0 Å². The van der Waals surface area contributed by atoms with Crippen LogP contribution in [-0.2, 0) is 9.47 Å². The molecular formula is C16H22O5. The molecule has 0 bridgehead atoms. The van der Waals surface area contributed by atoms with Crippen molar-refractivity contribution in [3.8, 4) is 11.5 Å². The van der Waals surface area contributed by atoms with Crippen LogP contribution in [0.2, 0.25) is 0 Å². The minimum Gasteiger partial charge on any atom is -0.494 e. The van der Waals surface area contributed by atoms with Gasteiger partial charge in [-0.05, 0) is 25.5 Å². The number of hydrogen-bond acceptors (Lipinski definition) is 5. The van der Waals surface area contributed by atoms with Crippen LogP contribution in [0.1, 0.15) is 26.2 Å². The molecule has 5 nitrogen and oxygen atoms in total. The van der Waals surface area contributed by atoms with E-state index in [0.717, 1.165) is 5.75 Å². The van der Waals surface area contributed by atoms with Crippen LogP contribution in [0.15, 0.2) is 24.3 Å². The van der Waals surface area contributed by atoms with Gasteiger partial charge in [0, 0.05) is 18.9 Å². The fourth-order valence-electron chi connectivity index (χ4n) is 2.96. The van der Waals surface area contributed by atoms with Crippen LogP contribution >= 0.6 is 0 Å². The van der Waals surface area contributed by atoms with Crippen molar-refractivity contribution in [1.29, 1.82) is 0 Å².